The van der Waals surface area contributed by atoms with Crippen LogP contribution in [0.2, 0.25) is 0 Å². The summed E-state index contributed by atoms with van der Waals surface area (Å²) >= 11 is 0. The van der Waals surface area contributed by atoms with Gasteiger partial charge in [-0.15, -0.1) is 0 Å². The van der Waals surface area contributed by atoms with Crippen LogP contribution < -0.4 is 5.32 Å². The van der Waals surface area contributed by atoms with Crippen molar-refractivity contribution in [3.05, 3.63) is 0 Å². The predicted molar refractivity (Wildman–Crippen MR) is 39.5 cm³/mol. The van der Waals surface area contributed by atoms with Gasteiger partial charge in [-0.25, -0.2) is 9.71 Å². The van der Waals surface area contributed by atoms with E-state index >= 15 is 0 Å². The number of rotatable bonds is 3. The lowest BCUT2D eigenvalue weighted by Gasteiger charge is -2.19. The molecule has 0 aromatic carbocycles. The number of nitrogens with zero attached hydrogens (tertiary/aromatic N) is 1. The minimum Gasteiger partial charge on any atom is -0.226 e. The maximum atomic E-state index is 12.9. The second-order valence-electron chi connectivity index (χ2n) is 3.62. The van der Waals surface area contributed by atoms with Crippen molar-refractivity contribution in [3.8, 4) is 0 Å². The van der Waals surface area contributed by atoms with Gasteiger partial charge in [-0.2, -0.15) is 0 Å². The smallest absolute Gasteiger partial charge is 0.171 e. The summed E-state index contributed by atoms with van der Waals surface area (Å²) in [5, 5.41) is 4.00. The van der Waals surface area contributed by atoms with Crippen LogP contribution in [0.25, 0.3) is 0 Å². The minimum atomic E-state index is -1.33. The molecule has 59 valence electrons. The highest BCUT2D eigenvalue weighted by atomic mass is 19.1. The molecule has 10 heavy (non-hydrogen) atoms. The molecule has 0 amide bonds. The molecule has 0 aromatic rings. The van der Waals surface area contributed by atoms with Crippen LogP contribution in [0.1, 0.15) is 33.6 Å². The Bertz CT molecular complexity index is 113. The minimum absolute atomic E-state index is 0.222. The highest BCUT2D eigenvalue weighted by molar-refractivity contribution is 4.85. The van der Waals surface area contributed by atoms with Gasteiger partial charge in [0.2, 0.25) is 0 Å². The SMILES string of the molecule is CC([N]C(C)(C)F)C1CC1. The van der Waals surface area contributed by atoms with Gasteiger partial charge in [0.15, 0.2) is 5.79 Å². The summed E-state index contributed by atoms with van der Waals surface area (Å²) in [7, 11) is 0. The third-order valence-electron chi connectivity index (χ3n) is 1.81. The van der Waals surface area contributed by atoms with Gasteiger partial charge in [-0.05, 0) is 39.5 Å². The Morgan fingerprint density at radius 3 is 2.30 bits per heavy atom. The van der Waals surface area contributed by atoms with Crippen molar-refractivity contribution in [1.29, 1.82) is 0 Å². The molecular formula is C8H15FN. The molecule has 2 heteroatoms. The number of hydrogen-bond acceptors (Lipinski definition) is 0. The molecule has 0 bridgehead atoms. The molecule has 0 spiro atoms. The summed E-state index contributed by atoms with van der Waals surface area (Å²) < 4.78 is 12.9. The highest BCUT2D eigenvalue weighted by Gasteiger charge is 2.32. The number of halogens is 1. The van der Waals surface area contributed by atoms with Gasteiger partial charge in [0.05, 0.1) is 0 Å². The summed E-state index contributed by atoms with van der Waals surface area (Å²) in [6.45, 7) is 5.01. The van der Waals surface area contributed by atoms with Crippen molar-refractivity contribution in [2.75, 3.05) is 0 Å². The van der Waals surface area contributed by atoms with Crippen LogP contribution in [0.5, 0.6) is 0 Å². The zero-order valence-electron chi connectivity index (χ0n) is 6.89. The standard InChI is InChI=1S/C8H15FN/c1-6(7-4-5-7)10-8(2,3)9/h6-7H,4-5H2,1-3H3. The molecule has 1 fully saturated rings. The van der Waals surface area contributed by atoms with Crippen molar-refractivity contribution in [1.82, 2.24) is 5.32 Å². The first-order chi connectivity index (χ1) is 4.49. The third kappa shape index (κ3) is 2.65. The van der Waals surface area contributed by atoms with Gasteiger partial charge in [-0.1, -0.05) is 0 Å². The summed E-state index contributed by atoms with van der Waals surface area (Å²) in [5.74, 6) is -0.655. The van der Waals surface area contributed by atoms with Crippen LogP contribution in [0.4, 0.5) is 4.39 Å². The van der Waals surface area contributed by atoms with E-state index in [1.165, 1.54) is 26.7 Å². The fraction of sp³-hybridized carbons (Fsp3) is 1.00. The van der Waals surface area contributed by atoms with E-state index in [2.05, 4.69) is 5.32 Å². The molecule has 1 nitrogen and oxygen atoms in total. The van der Waals surface area contributed by atoms with Crippen LogP contribution in [0.3, 0.4) is 0 Å². The van der Waals surface area contributed by atoms with Crippen molar-refractivity contribution >= 4 is 0 Å². The average Bonchev–Trinajstić information content (AvgIpc) is 2.35. The summed E-state index contributed by atoms with van der Waals surface area (Å²) in [5.41, 5.74) is 0. The van der Waals surface area contributed by atoms with Gasteiger partial charge >= 0.3 is 0 Å². The van der Waals surface area contributed by atoms with E-state index < -0.39 is 5.79 Å². The van der Waals surface area contributed by atoms with Crippen LogP contribution in [-0.2, 0) is 0 Å². The predicted octanol–water partition coefficient (Wildman–Crippen LogP) is 2.09. The average molecular weight is 144 g/mol. The van der Waals surface area contributed by atoms with E-state index in [0.717, 1.165) is 0 Å². The number of hydrogen-bond donors (Lipinski definition) is 0. The zero-order valence-corrected chi connectivity index (χ0v) is 6.89. The molecule has 0 heterocycles. The summed E-state index contributed by atoms with van der Waals surface area (Å²) in [6.07, 6.45) is 2.47. The van der Waals surface area contributed by atoms with Crippen molar-refractivity contribution < 1.29 is 4.39 Å². The van der Waals surface area contributed by atoms with Crippen LogP contribution in [0, 0.1) is 5.92 Å². The molecule has 1 atom stereocenters. The maximum absolute atomic E-state index is 12.9. The number of alkyl halides is 1. The van der Waals surface area contributed by atoms with E-state index in [-0.39, 0.29) is 6.04 Å². The maximum Gasteiger partial charge on any atom is 0.171 e. The normalized spacial score (nSPS) is 22.8. The molecule has 1 rings (SSSR count). The Kier molecular flexibility index (Phi) is 1.99. The summed E-state index contributed by atoms with van der Waals surface area (Å²) in [6, 6.07) is 0.222. The van der Waals surface area contributed by atoms with Crippen molar-refractivity contribution in [3.63, 3.8) is 0 Å². The van der Waals surface area contributed by atoms with Crippen LogP contribution >= 0.6 is 0 Å². The van der Waals surface area contributed by atoms with Crippen molar-refractivity contribution in [2.45, 2.75) is 45.4 Å². The fourth-order valence-corrected chi connectivity index (χ4v) is 1.17. The van der Waals surface area contributed by atoms with E-state index in [0.29, 0.717) is 5.92 Å². The molecule has 1 unspecified atom stereocenters. The van der Waals surface area contributed by atoms with E-state index in [4.69, 9.17) is 0 Å². The lowest BCUT2D eigenvalue weighted by molar-refractivity contribution is 0.134. The Morgan fingerprint density at radius 1 is 1.50 bits per heavy atom. The van der Waals surface area contributed by atoms with E-state index in [1.54, 1.807) is 0 Å². The lowest BCUT2D eigenvalue weighted by atomic mass is 10.2. The topological polar surface area (TPSA) is 14.1 Å². The quantitative estimate of drug-likeness (QED) is 0.538. The first-order valence-corrected chi connectivity index (χ1v) is 3.90. The second kappa shape index (κ2) is 2.50. The molecule has 1 saturated carbocycles. The monoisotopic (exact) mass is 144 g/mol. The van der Waals surface area contributed by atoms with Gasteiger partial charge in [-0.3, -0.25) is 0 Å². The first kappa shape index (κ1) is 7.99. The van der Waals surface area contributed by atoms with E-state index in [1.807, 2.05) is 6.92 Å². The van der Waals surface area contributed by atoms with Crippen molar-refractivity contribution in [2.24, 2.45) is 5.92 Å². The largest absolute Gasteiger partial charge is 0.226 e. The Labute approximate surface area is 62.0 Å². The molecule has 0 aromatic heterocycles. The molecule has 1 radical (unpaired) electrons. The van der Waals surface area contributed by atoms with Crippen LogP contribution in [-0.4, -0.2) is 11.8 Å². The van der Waals surface area contributed by atoms with Crippen LogP contribution in [0.15, 0.2) is 0 Å². The highest BCUT2D eigenvalue weighted by Crippen LogP contribution is 2.33. The van der Waals surface area contributed by atoms with Gasteiger partial charge < -0.3 is 0 Å². The Morgan fingerprint density at radius 2 is 2.00 bits per heavy atom. The van der Waals surface area contributed by atoms with Gasteiger partial charge in [0.25, 0.3) is 0 Å². The second-order valence-corrected chi connectivity index (χ2v) is 3.62. The Hall–Kier alpha value is -0.110. The van der Waals surface area contributed by atoms with E-state index in [9.17, 15) is 4.39 Å². The molecule has 0 aliphatic heterocycles. The lowest BCUT2D eigenvalue weighted by Crippen LogP contribution is -2.35. The Balaban J connectivity index is 2.23. The molecule has 0 saturated heterocycles. The molecule has 0 N–H and O–H groups in total. The van der Waals surface area contributed by atoms with Gasteiger partial charge in [0, 0.05) is 6.04 Å². The molecule has 1 aliphatic rings. The third-order valence-corrected chi connectivity index (χ3v) is 1.81. The first-order valence-electron chi connectivity index (χ1n) is 3.90. The molecule has 1 aliphatic carbocycles. The summed E-state index contributed by atoms with van der Waals surface area (Å²) in [4.78, 5) is 0. The van der Waals surface area contributed by atoms with Gasteiger partial charge in [0.1, 0.15) is 0 Å². The zero-order chi connectivity index (χ0) is 7.78. The fourth-order valence-electron chi connectivity index (χ4n) is 1.17. The molecular weight excluding hydrogens is 129 g/mol.